The Kier molecular flexibility index (Phi) is 7.83. The number of nitrogens with zero attached hydrogens (tertiary/aromatic N) is 1. The molecule has 0 atom stereocenters. The Morgan fingerprint density at radius 2 is 1.65 bits per heavy atom. The lowest BCUT2D eigenvalue weighted by Gasteiger charge is -2.21. The summed E-state index contributed by atoms with van der Waals surface area (Å²) in [4.78, 5) is 25.9. The van der Waals surface area contributed by atoms with Crippen molar-refractivity contribution in [3.05, 3.63) is 71.3 Å². The highest BCUT2D eigenvalue weighted by Gasteiger charge is 2.15. The van der Waals surface area contributed by atoms with Crippen molar-refractivity contribution >= 4 is 11.9 Å². The predicted molar refractivity (Wildman–Crippen MR) is 101 cm³/mol. The summed E-state index contributed by atoms with van der Waals surface area (Å²) < 4.78 is 5.02. The van der Waals surface area contributed by atoms with Crippen LogP contribution in [0.1, 0.15) is 23.6 Å². The zero-order chi connectivity index (χ0) is 18.8. The van der Waals surface area contributed by atoms with E-state index in [4.69, 9.17) is 4.74 Å². The van der Waals surface area contributed by atoms with E-state index in [1.165, 1.54) is 5.56 Å². The zero-order valence-corrected chi connectivity index (χ0v) is 15.4. The average Bonchev–Trinajstić information content (AvgIpc) is 2.62. The first-order valence-electron chi connectivity index (χ1n) is 8.81. The molecule has 0 bridgehead atoms. The predicted octanol–water partition coefficient (Wildman–Crippen LogP) is 2.68. The number of benzene rings is 2. The van der Waals surface area contributed by atoms with E-state index in [-0.39, 0.29) is 25.0 Å². The van der Waals surface area contributed by atoms with Gasteiger partial charge in [0.1, 0.15) is 0 Å². The number of hydrogen-bond donors (Lipinski definition) is 1. The van der Waals surface area contributed by atoms with Crippen LogP contribution in [-0.4, -0.2) is 36.5 Å². The average molecular weight is 354 g/mol. The molecule has 2 aromatic rings. The van der Waals surface area contributed by atoms with Gasteiger partial charge >= 0.3 is 5.97 Å². The molecule has 1 amide bonds. The summed E-state index contributed by atoms with van der Waals surface area (Å²) in [5, 5.41) is 2.91. The molecule has 1 N–H and O–H groups in total. The first-order valence-corrected chi connectivity index (χ1v) is 8.81. The van der Waals surface area contributed by atoms with Crippen LogP contribution in [0.3, 0.4) is 0 Å². The van der Waals surface area contributed by atoms with Crippen LogP contribution in [0.4, 0.5) is 0 Å². The smallest absolute Gasteiger partial charge is 0.320 e. The molecule has 0 saturated heterocycles. The maximum Gasteiger partial charge on any atom is 0.320 e. The highest BCUT2D eigenvalue weighted by molar-refractivity contribution is 5.79. The number of rotatable bonds is 9. The topological polar surface area (TPSA) is 58.6 Å². The van der Waals surface area contributed by atoms with Crippen LogP contribution in [0, 0.1) is 6.92 Å². The molecule has 0 saturated carbocycles. The summed E-state index contributed by atoms with van der Waals surface area (Å²) in [6.45, 7) is 5.33. The minimum absolute atomic E-state index is 0.0840. The largest absolute Gasteiger partial charge is 0.465 e. The maximum atomic E-state index is 12.3. The van der Waals surface area contributed by atoms with Gasteiger partial charge in [0, 0.05) is 13.1 Å². The fourth-order valence-electron chi connectivity index (χ4n) is 2.56. The van der Waals surface area contributed by atoms with Crippen LogP contribution >= 0.6 is 0 Å². The molecule has 0 aliphatic heterocycles. The Labute approximate surface area is 155 Å². The highest BCUT2D eigenvalue weighted by Crippen LogP contribution is 2.05. The van der Waals surface area contributed by atoms with E-state index in [2.05, 4.69) is 5.32 Å². The number of hydrogen-bond acceptors (Lipinski definition) is 4. The molecular weight excluding hydrogens is 328 g/mol. The molecule has 0 heterocycles. The quantitative estimate of drug-likeness (QED) is 0.704. The molecule has 0 aliphatic rings. The van der Waals surface area contributed by atoms with E-state index < -0.39 is 0 Å². The van der Waals surface area contributed by atoms with Gasteiger partial charge in [-0.15, -0.1) is 0 Å². The molecule has 0 spiro atoms. The van der Waals surface area contributed by atoms with Gasteiger partial charge in [-0.25, -0.2) is 0 Å². The third-order valence-electron chi connectivity index (χ3n) is 3.88. The van der Waals surface area contributed by atoms with Gasteiger partial charge < -0.3 is 10.1 Å². The number of carbonyl (C=O) groups is 2. The van der Waals surface area contributed by atoms with Gasteiger partial charge in [-0.2, -0.15) is 0 Å². The molecule has 0 unspecified atom stereocenters. The third kappa shape index (κ3) is 7.07. The van der Waals surface area contributed by atoms with Gasteiger partial charge in [0.05, 0.1) is 19.7 Å². The molecule has 5 heteroatoms. The Hall–Kier alpha value is -2.66. The normalized spacial score (nSPS) is 10.6. The van der Waals surface area contributed by atoms with Gasteiger partial charge in [-0.3, -0.25) is 14.5 Å². The lowest BCUT2D eigenvalue weighted by Crippen LogP contribution is -2.39. The molecule has 26 heavy (non-hydrogen) atoms. The number of amides is 1. The number of ether oxygens (including phenoxy) is 1. The van der Waals surface area contributed by atoms with Crippen LogP contribution < -0.4 is 5.32 Å². The summed E-state index contributed by atoms with van der Waals surface area (Å²) in [5.74, 6) is -0.444. The number of carbonyl (C=O) groups excluding carboxylic acids is 2. The molecule has 5 nitrogen and oxygen atoms in total. The van der Waals surface area contributed by atoms with Crippen LogP contribution in [0.25, 0.3) is 0 Å². The van der Waals surface area contributed by atoms with Crippen molar-refractivity contribution in [1.29, 1.82) is 0 Å². The van der Waals surface area contributed by atoms with Crippen molar-refractivity contribution in [2.45, 2.75) is 26.9 Å². The SMILES string of the molecule is CCOC(=O)CN(CC(=O)NCc1ccc(C)cc1)Cc1ccccc1. The van der Waals surface area contributed by atoms with Crippen LogP contribution in [-0.2, 0) is 27.4 Å². The maximum absolute atomic E-state index is 12.3. The van der Waals surface area contributed by atoms with E-state index in [0.717, 1.165) is 11.1 Å². The summed E-state index contributed by atoms with van der Waals surface area (Å²) in [7, 11) is 0. The molecule has 2 aromatic carbocycles. The van der Waals surface area contributed by atoms with Crippen LogP contribution in [0.5, 0.6) is 0 Å². The minimum atomic E-state index is -0.324. The fourth-order valence-corrected chi connectivity index (χ4v) is 2.56. The van der Waals surface area contributed by atoms with Gasteiger partial charge in [-0.05, 0) is 25.0 Å². The minimum Gasteiger partial charge on any atom is -0.465 e. The lowest BCUT2D eigenvalue weighted by atomic mass is 10.1. The van der Waals surface area contributed by atoms with E-state index in [0.29, 0.717) is 19.7 Å². The van der Waals surface area contributed by atoms with Gasteiger partial charge in [0.25, 0.3) is 0 Å². The Bertz CT molecular complexity index is 699. The van der Waals surface area contributed by atoms with Crippen LogP contribution in [0.2, 0.25) is 0 Å². The number of nitrogens with one attached hydrogen (secondary N) is 1. The lowest BCUT2D eigenvalue weighted by molar-refractivity contribution is -0.144. The first-order chi connectivity index (χ1) is 12.6. The first kappa shape index (κ1) is 19.7. The van der Waals surface area contributed by atoms with Crippen molar-refractivity contribution in [2.24, 2.45) is 0 Å². The molecular formula is C21H26N2O3. The van der Waals surface area contributed by atoms with Crippen molar-refractivity contribution in [2.75, 3.05) is 19.7 Å². The Morgan fingerprint density at radius 1 is 0.962 bits per heavy atom. The molecule has 0 aliphatic carbocycles. The van der Waals surface area contributed by atoms with Gasteiger partial charge in [0.2, 0.25) is 5.91 Å². The zero-order valence-electron chi connectivity index (χ0n) is 15.4. The van der Waals surface area contributed by atoms with Crippen molar-refractivity contribution in [1.82, 2.24) is 10.2 Å². The van der Waals surface area contributed by atoms with E-state index in [9.17, 15) is 9.59 Å². The van der Waals surface area contributed by atoms with Crippen molar-refractivity contribution in [3.8, 4) is 0 Å². The van der Waals surface area contributed by atoms with E-state index >= 15 is 0 Å². The molecule has 0 fully saturated rings. The van der Waals surface area contributed by atoms with Crippen molar-refractivity contribution < 1.29 is 14.3 Å². The van der Waals surface area contributed by atoms with E-state index in [1.807, 2.05) is 61.5 Å². The number of aryl methyl sites for hydroxylation is 1. The van der Waals surface area contributed by atoms with Gasteiger partial charge in [0.15, 0.2) is 0 Å². The number of esters is 1. The standard InChI is InChI=1S/C21H26N2O3/c1-3-26-21(25)16-23(14-19-7-5-4-6-8-19)15-20(24)22-13-18-11-9-17(2)10-12-18/h4-12H,3,13-16H2,1-2H3,(H,22,24). The second kappa shape index (κ2) is 10.4. The summed E-state index contributed by atoms with van der Waals surface area (Å²) in [6.07, 6.45) is 0. The molecule has 0 radical (unpaired) electrons. The summed E-state index contributed by atoms with van der Waals surface area (Å²) in [6, 6.07) is 17.8. The Morgan fingerprint density at radius 3 is 2.31 bits per heavy atom. The second-order valence-corrected chi connectivity index (χ2v) is 6.20. The molecule has 0 aromatic heterocycles. The second-order valence-electron chi connectivity index (χ2n) is 6.20. The summed E-state index contributed by atoms with van der Waals surface area (Å²) >= 11 is 0. The van der Waals surface area contributed by atoms with Crippen LogP contribution in [0.15, 0.2) is 54.6 Å². The monoisotopic (exact) mass is 354 g/mol. The van der Waals surface area contributed by atoms with Gasteiger partial charge in [-0.1, -0.05) is 60.2 Å². The molecule has 138 valence electrons. The Balaban J connectivity index is 1.91. The highest BCUT2D eigenvalue weighted by atomic mass is 16.5. The molecule has 2 rings (SSSR count). The summed E-state index contributed by atoms with van der Waals surface area (Å²) in [5.41, 5.74) is 3.27. The third-order valence-corrected chi connectivity index (χ3v) is 3.88. The van der Waals surface area contributed by atoms with Crippen molar-refractivity contribution in [3.63, 3.8) is 0 Å². The van der Waals surface area contributed by atoms with E-state index in [1.54, 1.807) is 11.8 Å². The fraction of sp³-hybridized carbons (Fsp3) is 0.333.